The largest absolute Gasteiger partial charge is 0.394 e. The van der Waals surface area contributed by atoms with Crippen molar-refractivity contribution in [3.8, 4) is 0 Å². The van der Waals surface area contributed by atoms with E-state index in [0.29, 0.717) is 5.56 Å². The first-order chi connectivity index (χ1) is 7.63. The van der Waals surface area contributed by atoms with Crippen LogP contribution in [0.3, 0.4) is 0 Å². The van der Waals surface area contributed by atoms with Gasteiger partial charge in [0.2, 0.25) is 0 Å². The van der Waals surface area contributed by atoms with Gasteiger partial charge in [-0.1, -0.05) is 12.1 Å². The molecule has 0 spiro atoms. The molecule has 0 saturated carbocycles. The Balaban J connectivity index is 2.41. The number of aliphatic hydroxyl groups excluding tert-OH is 2. The minimum absolute atomic E-state index is 0.167. The first kappa shape index (κ1) is 13.2. The second-order valence-electron chi connectivity index (χ2n) is 3.29. The second kappa shape index (κ2) is 6.62. The van der Waals surface area contributed by atoms with Gasteiger partial charge in [0.05, 0.1) is 18.5 Å². The molecule has 5 heteroatoms. The summed E-state index contributed by atoms with van der Waals surface area (Å²) < 4.78 is 12.8. The molecule has 0 heterocycles. The van der Waals surface area contributed by atoms with E-state index >= 15 is 0 Å². The van der Waals surface area contributed by atoms with Gasteiger partial charge >= 0.3 is 0 Å². The van der Waals surface area contributed by atoms with E-state index in [0.717, 1.165) is 0 Å². The number of benzene rings is 1. The number of Topliss-reactive ketones (excluding diaryl/α,β-unsaturated/α-hetero) is 1. The summed E-state index contributed by atoms with van der Waals surface area (Å²) in [5, 5.41) is 17.6. The Bertz CT molecular complexity index is 357. The Morgan fingerprint density at radius 1 is 1.50 bits per heavy atom. The van der Waals surface area contributed by atoms with Crippen molar-refractivity contribution in [3.05, 3.63) is 35.6 Å². The van der Waals surface area contributed by atoms with Crippen LogP contribution in [0.5, 0.6) is 0 Å². The second-order valence-corrected chi connectivity index (χ2v) is 4.32. The molecule has 88 valence electrons. The number of carbonyl (C=O) groups is 1. The lowest BCUT2D eigenvalue weighted by Crippen LogP contribution is -2.16. The molecule has 0 radical (unpaired) electrons. The molecule has 2 N–H and O–H groups in total. The molecule has 0 aliphatic carbocycles. The van der Waals surface area contributed by atoms with E-state index in [1.54, 1.807) is 6.07 Å². The van der Waals surface area contributed by atoms with E-state index in [1.165, 1.54) is 30.0 Å². The van der Waals surface area contributed by atoms with Crippen LogP contribution in [0.4, 0.5) is 4.39 Å². The van der Waals surface area contributed by atoms with Gasteiger partial charge in [-0.2, -0.15) is 11.8 Å². The molecule has 0 aliphatic rings. The van der Waals surface area contributed by atoms with Crippen molar-refractivity contribution in [3.63, 3.8) is 0 Å². The normalized spacial score (nSPS) is 12.4. The van der Waals surface area contributed by atoms with Gasteiger partial charge in [-0.15, -0.1) is 0 Å². The van der Waals surface area contributed by atoms with Crippen molar-refractivity contribution in [1.82, 2.24) is 0 Å². The van der Waals surface area contributed by atoms with Crippen LogP contribution in [0.2, 0.25) is 0 Å². The SMILES string of the molecule is O=C(CSCC(O)CO)c1cccc(F)c1. The van der Waals surface area contributed by atoms with Crippen LogP contribution in [-0.4, -0.2) is 40.2 Å². The zero-order chi connectivity index (χ0) is 12.0. The number of aliphatic hydroxyl groups is 2. The first-order valence-corrected chi connectivity index (χ1v) is 5.94. The number of ketones is 1. The maximum Gasteiger partial charge on any atom is 0.172 e. The molecule has 1 unspecified atom stereocenters. The quantitative estimate of drug-likeness (QED) is 0.736. The van der Waals surface area contributed by atoms with Crippen LogP contribution >= 0.6 is 11.8 Å². The molecular formula is C11H13FO3S. The maximum absolute atomic E-state index is 12.8. The maximum atomic E-state index is 12.8. The number of hydrogen-bond donors (Lipinski definition) is 2. The topological polar surface area (TPSA) is 57.5 Å². The number of rotatable bonds is 6. The number of hydrogen-bond acceptors (Lipinski definition) is 4. The van der Waals surface area contributed by atoms with Gasteiger partial charge in [-0.3, -0.25) is 4.79 Å². The van der Waals surface area contributed by atoms with E-state index in [-0.39, 0.29) is 23.9 Å². The standard InChI is InChI=1S/C11H13FO3S/c12-9-3-1-2-8(4-9)11(15)7-16-6-10(14)5-13/h1-4,10,13-14H,5-7H2. The lowest BCUT2D eigenvalue weighted by Gasteiger charge is -2.05. The van der Waals surface area contributed by atoms with E-state index in [2.05, 4.69) is 0 Å². The summed E-state index contributed by atoms with van der Waals surface area (Å²) in [6.45, 7) is -0.318. The van der Waals surface area contributed by atoms with Gasteiger partial charge < -0.3 is 10.2 Å². The molecule has 0 saturated heterocycles. The van der Waals surface area contributed by atoms with Gasteiger partial charge in [0, 0.05) is 11.3 Å². The third-order valence-corrected chi connectivity index (χ3v) is 2.99. The predicted octanol–water partition coefficient (Wildman–Crippen LogP) is 1.09. The molecular weight excluding hydrogens is 231 g/mol. The fraction of sp³-hybridized carbons (Fsp3) is 0.364. The molecule has 3 nitrogen and oxygen atoms in total. The van der Waals surface area contributed by atoms with Crippen molar-refractivity contribution >= 4 is 17.5 Å². The van der Waals surface area contributed by atoms with Gasteiger partial charge in [-0.25, -0.2) is 4.39 Å². The van der Waals surface area contributed by atoms with Crippen molar-refractivity contribution in [2.45, 2.75) is 6.10 Å². The molecule has 0 fully saturated rings. The summed E-state index contributed by atoms with van der Waals surface area (Å²) in [6, 6.07) is 5.50. The van der Waals surface area contributed by atoms with Gasteiger partial charge in [-0.05, 0) is 12.1 Å². The van der Waals surface area contributed by atoms with E-state index in [9.17, 15) is 9.18 Å². The fourth-order valence-electron chi connectivity index (χ4n) is 1.09. The summed E-state index contributed by atoms with van der Waals surface area (Å²) in [6.07, 6.45) is -0.815. The van der Waals surface area contributed by atoms with Crippen molar-refractivity contribution in [2.75, 3.05) is 18.1 Å². The third kappa shape index (κ3) is 4.30. The van der Waals surface area contributed by atoms with Crippen LogP contribution < -0.4 is 0 Å². The van der Waals surface area contributed by atoms with E-state index in [4.69, 9.17) is 10.2 Å². The van der Waals surface area contributed by atoms with Gasteiger partial charge in [0.1, 0.15) is 5.82 Å². The van der Waals surface area contributed by atoms with Crippen LogP contribution in [0, 0.1) is 5.82 Å². The zero-order valence-electron chi connectivity index (χ0n) is 8.60. The van der Waals surface area contributed by atoms with Crippen molar-refractivity contribution in [2.24, 2.45) is 0 Å². The molecule has 16 heavy (non-hydrogen) atoms. The smallest absolute Gasteiger partial charge is 0.172 e. The molecule has 1 rings (SSSR count). The van der Waals surface area contributed by atoms with Crippen LogP contribution in [-0.2, 0) is 0 Å². The van der Waals surface area contributed by atoms with Crippen molar-refractivity contribution in [1.29, 1.82) is 0 Å². The van der Waals surface area contributed by atoms with Gasteiger partial charge in [0.25, 0.3) is 0 Å². The lowest BCUT2D eigenvalue weighted by molar-refractivity contribution is 0.102. The number of carbonyl (C=O) groups excluding carboxylic acids is 1. The average Bonchev–Trinajstić information content (AvgIpc) is 2.28. The molecule has 0 bridgehead atoms. The Labute approximate surface area is 97.3 Å². The predicted molar refractivity (Wildman–Crippen MR) is 61.1 cm³/mol. The Morgan fingerprint density at radius 3 is 2.88 bits per heavy atom. The lowest BCUT2D eigenvalue weighted by atomic mass is 10.1. The molecule has 0 aromatic heterocycles. The average molecular weight is 244 g/mol. The summed E-state index contributed by atoms with van der Waals surface area (Å²) >= 11 is 1.21. The third-order valence-electron chi connectivity index (χ3n) is 1.90. The zero-order valence-corrected chi connectivity index (χ0v) is 9.41. The molecule has 1 aromatic rings. The summed E-state index contributed by atoms with van der Waals surface area (Å²) in [5.74, 6) is -0.168. The fourth-order valence-corrected chi connectivity index (χ4v) is 1.93. The molecule has 0 aliphatic heterocycles. The molecule has 0 amide bonds. The highest BCUT2D eigenvalue weighted by Gasteiger charge is 2.08. The minimum atomic E-state index is -0.815. The van der Waals surface area contributed by atoms with Crippen LogP contribution in [0.15, 0.2) is 24.3 Å². The van der Waals surface area contributed by atoms with Crippen LogP contribution in [0.1, 0.15) is 10.4 Å². The summed E-state index contributed by atoms with van der Waals surface area (Å²) in [7, 11) is 0. The van der Waals surface area contributed by atoms with E-state index in [1.807, 2.05) is 0 Å². The van der Waals surface area contributed by atoms with Crippen molar-refractivity contribution < 1.29 is 19.4 Å². The van der Waals surface area contributed by atoms with Gasteiger partial charge in [0.15, 0.2) is 5.78 Å². The monoisotopic (exact) mass is 244 g/mol. The molecule has 1 aromatic carbocycles. The Kier molecular flexibility index (Phi) is 5.45. The summed E-state index contributed by atoms with van der Waals surface area (Å²) in [5.41, 5.74) is 0.325. The number of halogens is 1. The first-order valence-electron chi connectivity index (χ1n) is 4.79. The summed E-state index contributed by atoms with van der Waals surface area (Å²) in [4.78, 5) is 11.5. The Hall–Kier alpha value is -0.910. The van der Waals surface area contributed by atoms with Crippen LogP contribution in [0.25, 0.3) is 0 Å². The highest BCUT2D eigenvalue weighted by molar-refractivity contribution is 8.00. The minimum Gasteiger partial charge on any atom is -0.394 e. The van der Waals surface area contributed by atoms with E-state index < -0.39 is 11.9 Å². The Morgan fingerprint density at radius 2 is 2.25 bits per heavy atom. The highest BCUT2D eigenvalue weighted by Crippen LogP contribution is 2.10. The molecule has 1 atom stereocenters. The highest BCUT2D eigenvalue weighted by atomic mass is 32.2. The number of thioether (sulfide) groups is 1.